The zero-order chi connectivity index (χ0) is 13.8. The predicted molar refractivity (Wildman–Crippen MR) is 75.5 cm³/mol. The summed E-state index contributed by atoms with van der Waals surface area (Å²) in [5.41, 5.74) is 6.60. The Labute approximate surface area is 113 Å². The summed E-state index contributed by atoms with van der Waals surface area (Å²) >= 11 is 0. The predicted octanol–water partition coefficient (Wildman–Crippen LogP) is 2.52. The van der Waals surface area contributed by atoms with Crippen molar-refractivity contribution in [2.75, 3.05) is 17.2 Å². The van der Waals surface area contributed by atoms with E-state index in [1.165, 1.54) is 12.5 Å². The maximum absolute atomic E-state index is 11.0. The standard InChI is InChI=1S/C14H21N3O2/c1-2-5-10-6-3-4-9-17(10)13-11(15)7-8-12(16-13)14(18)19/h7-8,10H,2-6,9,15H2,1H3,(H,18,19). The van der Waals surface area contributed by atoms with Gasteiger partial charge in [-0.2, -0.15) is 0 Å². The van der Waals surface area contributed by atoms with Crippen LogP contribution in [0.25, 0.3) is 0 Å². The number of rotatable bonds is 4. The molecular formula is C14H21N3O2. The number of pyridine rings is 1. The fourth-order valence-corrected chi connectivity index (χ4v) is 2.72. The molecule has 2 rings (SSSR count). The van der Waals surface area contributed by atoms with Crippen molar-refractivity contribution in [1.82, 2.24) is 4.98 Å². The van der Waals surface area contributed by atoms with Gasteiger partial charge in [-0.25, -0.2) is 9.78 Å². The molecule has 0 amide bonds. The third-order valence-corrected chi connectivity index (χ3v) is 3.65. The van der Waals surface area contributed by atoms with Crippen LogP contribution >= 0.6 is 0 Å². The van der Waals surface area contributed by atoms with Gasteiger partial charge < -0.3 is 15.7 Å². The zero-order valence-electron chi connectivity index (χ0n) is 11.3. The average molecular weight is 263 g/mol. The van der Waals surface area contributed by atoms with Crippen LogP contribution in [-0.2, 0) is 0 Å². The first-order valence-corrected chi connectivity index (χ1v) is 6.90. The molecule has 0 aliphatic carbocycles. The number of aromatic nitrogens is 1. The van der Waals surface area contributed by atoms with E-state index < -0.39 is 5.97 Å². The molecule has 1 fully saturated rings. The fraction of sp³-hybridized carbons (Fsp3) is 0.571. The summed E-state index contributed by atoms with van der Waals surface area (Å²) in [4.78, 5) is 17.5. The van der Waals surface area contributed by atoms with Gasteiger partial charge >= 0.3 is 5.97 Å². The lowest BCUT2D eigenvalue weighted by Crippen LogP contribution is -2.40. The minimum atomic E-state index is -1.01. The highest BCUT2D eigenvalue weighted by molar-refractivity contribution is 5.87. The van der Waals surface area contributed by atoms with Crippen LogP contribution in [0.2, 0.25) is 0 Å². The topological polar surface area (TPSA) is 79.5 Å². The van der Waals surface area contributed by atoms with Crippen molar-refractivity contribution in [3.63, 3.8) is 0 Å². The molecule has 0 saturated carbocycles. The molecule has 5 nitrogen and oxygen atoms in total. The third-order valence-electron chi connectivity index (χ3n) is 3.65. The quantitative estimate of drug-likeness (QED) is 0.872. The van der Waals surface area contributed by atoms with E-state index in [1.54, 1.807) is 6.07 Å². The van der Waals surface area contributed by atoms with Gasteiger partial charge in [-0.05, 0) is 37.8 Å². The van der Waals surface area contributed by atoms with Crippen molar-refractivity contribution in [3.8, 4) is 0 Å². The molecule has 1 aliphatic rings. The summed E-state index contributed by atoms with van der Waals surface area (Å²) < 4.78 is 0. The number of aromatic carboxylic acids is 1. The fourth-order valence-electron chi connectivity index (χ4n) is 2.72. The van der Waals surface area contributed by atoms with Crippen molar-refractivity contribution < 1.29 is 9.90 Å². The van der Waals surface area contributed by atoms with Crippen LogP contribution in [0.3, 0.4) is 0 Å². The second-order valence-electron chi connectivity index (χ2n) is 5.05. The first-order valence-electron chi connectivity index (χ1n) is 6.90. The molecular weight excluding hydrogens is 242 g/mol. The Bertz CT molecular complexity index is 460. The summed E-state index contributed by atoms with van der Waals surface area (Å²) in [6.07, 6.45) is 5.67. The number of nitrogens with zero attached hydrogens (tertiary/aromatic N) is 2. The Morgan fingerprint density at radius 2 is 2.32 bits per heavy atom. The Hall–Kier alpha value is -1.78. The van der Waals surface area contributed by atoms with Crippen LogP contribution in [0.4, 0.5) is 11.5 Å². The number of nitrogens with two attached hydrogens (primary N) is 1. The molecule has 1 aliphatic heterocycles. The molecule has 0 bridgehead atoms. The second-order valence-corrected chi connectivity index (χ2v) is 5.05. The largest absolute Gasteiger partial charge is 0.477 e. The molecule has 3 N–H and O–H groups in total. The van der Waals surface area contributed by atoms with E-state index in [2.05, 4.69) is 16.8 Å². The Morgan fingerprint density at radius 1 is 1.53 bits per heavy atom. The Balaban J connectivity index is 2.32. The number of hydrogen-bond acceptors (Lipinski definition) is 4. The van der Waals surface area contributed by atoms with Crippen molar-refractivity contribution in [2.24, 2.45) is 0 Å². The molecule has 0 aromatic carbocycles. The molecule has 5 heteroatoms. The summed E-state index contributed by atoms with van der Waals surface area (Å²) in [5, 5.41) is 9.05. The first-order chi connectivity index (χ1) is 9.13. The number of carboxylic acid groups (broad SMARTS) is 1. The van der Waals surface area contributed by atoms with Gasteiger partial charge in [-0.1, -0.05) is 13.3 Å². The van der Waals surface area contributed by atoms with E-state index in [0.29, 0.717) is 17.5 Å². The average Bonchev–Trinajstić information content (AvgIpc) is 2.40. The van der Waals surface area contributed by atoms with Crippen LogP contribution in [-0.4, -0.2) is 28.6 Å². The molecule has 19 heavy (non-hydrogen) atoms. The van der Waals surface area contributed by atoms with Gasteiger partial charge in [-0.15, -0.1) is 0 Å². The SMILES string of the molecule is CCCC1CCCCN1c1nc(C(=O)O)ccc1N. The van der Waals surface area contributed by atoms with E-state index in [4.69, 9.17) is 10.8 Å². The highest BCUT2D eigenvalue weighted by Crippen LogP contribution is 2.30. The van der Waals surface area contributed by atoms with Gasteiger partial charge in [-0.3, -0.25) is 0 Å². The minimum absolute atomic E-state index is 0.0602. The van der Waals surface area contributed by atoms with E-state index >= 15 is 0 Å². The lowest BCUT2D eigenvalue weighted by atomic mass is 9.98. The van der Waals surface area contributed by atoms with Crippen molar-refractivity contribution in [2.45, 2.75) is 45.1 Å². The third kappa shape index (κ3) is 2.97. The maximum atomic E-state index is 11.0. The van der Waals surface area contributed by atoms with Gasteiger partial charge in [0.25, 0.3) is 0 Å². The molecule has 1 unspecified atom stereocenters. The molecule has 104 valence electrons. The second kappa shape index (κ2) is 5.91. The summed E-state index contributed by atoms with van der Waals surface area (Å²) in [6, 6.07) is 3.53. The highest BCUT2D eigenvalue weighted by atomic mass is 16.4. The first kappa shape index (κ1) is 13.6. The molecule has 0 spiro atoms. The molecule has 1 saturated heterocycles. The minimum Gasteiger partial charge on any atom is -0.477 e. The van der Waals surface area contributed by atoms with Gasteiger partial charge in [0.2, 0.25) is 0 Å². The van der Waals surface area contributed by atoms with Crippen LogP contribution in [0.5, 0.6) is 0 Å². The van der Waals surface area contributed by atoms with E-state index in [9.17, 15) is 4.79 Å². The Morgan fingerprint density at radius 3 is 3.00 bits per heavy atom. The number of piperidine rings is 1. The van der Waals surface area contributed by atoms with Crippen LogP contribution in [0.1, 0.15) is 49.5 Å². The lowest BCUT2D eigenvalue weighted by molar-refractivity contribution is 0.0690. The monoisotopic (exact) mass is 263 g/mol. The molecule has 2 heterocycles. The van der Waals surface area contributed by atoms with Crippen LogP contribution in [0.15, 0.2) is 12.1 Å². The van der Waals surface area contributed by atoms with Crippen molar-refractivity contribution in [3.05, 3.63) is 17.8 Å². The van der Waals surface area contributed by atoms with E-state index in [1.807, 2.05) is 0 Å². The summed E-state index contributed by atoms with van der Waals surface area (Å²) in [7, 11) is 0. The molecule has 1 aromatic heterocycles. The Kier molecular flexibility index (Phi) is 4.24. The van der Waals surface area contributed by atoms with Crippen molar-refractivity contribution in [1.29, 1.82) is 0 Å². The number of carbonyl (C=O) groups is 1. The van der Waals surface area contributed by atoms with E-state index in [-0.39, 0.29) is 5.69 Å². The number of hydrogen-bond donors (Lipinski definition) is 2. The van der Waals surface area contributed by atoms with Gasteiger partial charge in [0.05, 0.1) is 5.69 Å². The number of carboxylic acids is 1. The zero-order valence-corrected chi connectivity index (χ0v) is 11.3. The normalized spacial score (nSPS) is 19.4. The molecule has 1 atom stereocenters. The van der Waals surface area contributed by atoms with Gasteiger partial charge in [0, 0.05) is 12.6 Å². The maximum Gasteiger partial charge on any atom is 0.354 e. The number of nitrogen functional groups attached to an aromatic ring is 1. The highest BCUT2D eigenvalue weighted by Gasteiger charge is 2.25. The molecule has 0 radical (unpaired) electrons. The van der Waals surface area contributed by atoms with Crippen LogP contribution in [0, 0.1) is 0 Å². The van der Waals surface area contributed by atoms with Gasteiger partial charge in [0.15, 0.2) is 11.5 Å². The molecule has 1 aromatic rings. The lowest BCUT2D eigenvalue weighted by Gasteiger charge is -2.37. The number of anilines is 2. The van der Waals surface area contributed by atoms with E-state index in [0.717, 1.165) is 32.2 Å². The van der Waals surface area contributed by atoms with Crippen LogP contribution < -0.4 is 10.6 Å². The van der Waals surface area contributed by atoms with Crippen molar-refractivity contribution >= 4 is 17.5 Å². The summed E-state index contributed by atoms with van der Waals surface area (Å²) in [5.74, 6) is -0.372. The summed E-state index contributed by atoms with van der Waals surface area (Å²) in [6.45, 7) is 3.07. The van der Waals surface area contributed by atoms with Gasteiger partial charge in [0.1, 0.15) is 0 Å². The smallest absolute Gasteiger partial charge is 0.354 e.